The highest BCUT2D eigenvalue weighted by molar-refractivity contribution is 7.26. The van der Waals surface area contributed by atoms with E-state index in [1.54, 1.807) is 0 Å². The molecule has 0 unspecified atom stereocenters. The van der Waals surface area contributed by atoms with E-state index in [0.717, 1.165) is 5.69 Å². The van der Waals surface area contributed by atoms with E-state index in [2.05, 4.69) is 247 Å². The van der Waals surface area contributed by atoms with Gasteiger partial charge >= 0.3 is 0 Å². The fraction of sp³-hybridized carbons (Fsp3) is 0.182. The Bertz CT molecular complexity index is 3780. The van der Waals surface area contributed by atoms with E-state index in [1.807, 2.05) is 11.3 Å². The molecule has 70 heavy (non-hydrogen) atoms. The van der Waals surface area contributed by atoms with Crippen LogP contribution < -0.4 is 21.1 Å². The van der Waals surface area contributed by atoms with Crippen LogP contribution in [0, 0.1) is 0 Å². The number of hydrogen-bond acceptors (Lipinski definition) is 3. The molecule has 0 saturated heterocycles. The maximum absolute atomic E-state index is 4.26. The molecule has 10 aromatic rings. The molecule has 3 heterocycles. The number of thiophene rings is 1. The van der Waals surface area contributed by atoms with E-state index < -0.39 is 5.41 Å². The van der Waals surface area contributed by atoms with E-state index >= 15 is 0 Å². The van der Waals surface area contributed by atoms with E-state index in [0.29, 0.717) is 0 Å². The van der Waals surface area contributed by atoms with E-state index in [9.17, 15) is 0 Å². The molecule has 0 saturated carbocycles. The van der Waals surface area contributed by atoms with Crippen LogP contribution in [0.3, 0.4) is 0 Å². The molecule has 9 aromatic carbocycles. The van der Waals surface area contributed by atoms with Crippen molar-refractivity contribution in [3.63, 3.8) is 0 Å². The van der Waals surface area contributed by atoms with E-state index in [1.165, 1.54) is 133 Å². The summed E-state index contributed by atoms with van der Waals surface area (Å²) >= 11 is 1.89. The average Bonchev–Trinajstić information content (AvgIpc) is 3.87. The number of hydrogen-bond donors (Lipinski definition) is 1. The van der Waals surface area contributed by atoms with Crippen molar-refractivity contribution < 1.29 is 0 Å². The molecule has 0 amide bonds. The fourth-order valence-electron chi connectivity index (χ4n) is 13.5. The minimum atomic E-state index is -0.553. The second-order valence-corrected chi connectivity index (χ2v) is 23.2. The summed E-state index contributed by atoms with van der Waals surface area (Å²) in [5.41, 5.74) is 23.7. The Hall–Kier alpha value is -7.14. The first-order valence-electron chi connectivity index (χ1n) is 25.1. The van der Waals surface area contributed by atoms with Crippen molar-refractivity contribution in [1.29, 1.82) is 0 Å². The topological polar surface area (TPSA) is 15.3 Å². The lowest BCUT2D eigenvalue weighted by atomic mass is 9.53. The molecule has 2 aliphatic carbocycles. The van der Waals surface area contributed by atoms with Gasteiger partial charge in [-0.1, -0.05) is 199 Å². The lowest BCUT2D eigenvalue weighted by Crippen LogP contribution is -2.47. The Kier molecular flexibility index (Phi) is 8.78. The number of anilines is 5. The van der Waals surface area contributed by atoms with Crippen LogP contribution in [0.2, 0.25) is 0 Å². The van der Waals surface area contributed by atoms with Crippen LogP contribution in [0.25, 0.3) is 42.4 Å². The number of para-hydroxylation sites is 2. The molecule has 14 rings (SSSR count). The Morgan fingerprint density at radius 2 is 1.14 bits per heavy atom. The normalized spacial score (nSPS) is 16.9. The number of fused-ring (bicyclic) bond motifs is 11. The molecular weight excluding hydrogens is 864 g/mol. The summed E-state index contributed by atoms with van der Waals surface area (Å²) in [5.74, 6) is 0. The summed E-state index contributed by atoms with van der Waals surface area (Å²) in [6.45, 7) is 14.6. The SMILES string of the molecule is CC1(C)CCC(C)(C)c2cc(Nc3c(-c4c5c(cc6c4-c4ccccc4C6(C)C)N4c6ccccc6C(c6ccccc6)(c6ccccc6)c6cccc(c64)[B]5)ccc4sc5ccccc5c34)ccc21. The van der Waals surface area contributed by atoms with Gasteiger partial charge in [-0.3, -0.25) is 0 Å². The van der Waals surface area contributed by atoms with Crippen LogP contribution in [0.1, 0.15) is 98.9 Å². The van der Waals surface area contributed by atoms with Gasteiger partial charge in [0.05, 0.1) is 16.8 Å². The molecule has 4 heteroatoms. The molecule has 4 aliphatic rings. The Morgan fingerprint density at radius 1 is 0.486 bits per heavy atom. The first-order chi connectivity index (χ1) is 34.0. The van der Waals surface area contributed by atoms with Crippen LogP contribution in [-0.2, 0) is 21.7 Å². The van der Waals surface area contributed by atoms with Crippen LogP contribution in [0.15, 0.2) is 188 Å². The molecule has 337 valence electrons. The minimum absolute atomic E-state index is 0.0750. The van der Waals surface area contributed by atoms with E-state index in [4.69, 9.17) is 0 Å². The Labute approximate surface area is 416 Å². The van der Waals surface area contributed by atoms with Gasteiger partial charge in [0.2, 0.25) is 0 Å². The predicted octanol–water partition coefficient (Wildman–Crippen LogP) is 16.3. The highest BCUT2D eigenvalue weighted by Crippen LogP contribution is 2.61. The summed E-state index contributed by atoms with van der Waals surface area (Å²) in [7, 11) is 2.53. The van der Waals surface area contributed by atoms with Gasteiger partial charge in [-0.05, 0) is 127 Å². The van der Waals surface area contributed by atoms with Crippen molar-refractivity contribution in [2.24, 2.45) is 0 Å². The zero-order valence-electron chi connectivity index (χ0n) is 40.7. The monoisotopic (exact) mass is 917 g/mol. The van der Waals surface area contributed by atoms with Crippen molar-refractivity contribution in [2.75, 3.05) is 10.2 Å². The molecule has 1 radical (unpaired) electrons. The van der Waals surface area contributed by atoms with Crippen molar-refractivity contribution in [3.8, 4) is 22.3 Å². The van der Waals surface area contributed by atoms with Gasteiger partial charge in [-0.25, -0.2) is 0 Å². The largest absolute Gasteiger partial charge is 0.354 e. The molecule has 2 aliphatic heterocycles. The maximum Gasteiger partial charge on any atom is 0.197 e. The summed E-state index contributed by atoms with van der Waals surface area (Å²) in [4.78, 5) is 2.64. The van der Waals surface area contributed by atoms with Gasteiger partial charge < -0.3 is 10.2 Å². The lowest BCUT2D eigenvalue weighted by molar-refractivity contribution is 0.332. The maximum atomic E-state index is 4.26. The van der Waals surface area contributed by atoms with Crippen molar-refractivity contribution >= 4 is 78.2 Å². The summed E-state index contributed by atoms with van der Waals surface area (Å²) < 4.78 is 2.59. The number of nitrogens with one attached hydrogen (secondary N) is 1. The second kappa shape index (κ2) is 14.7. The highest BCUT2D eigenvalue weighted by Gasteiger charge is 2.50. The van der Waals surface area contributed by atoms with Crippen LogP contribution in [0.4, 0.5) is 28.4 Å². The van der Waals surface area contributed by atoms with Crippen molar-refractivity contribution in [3.05, 3.63) is 233 Å². The van der Waals surface area contributed by atoms with Crippen molar-refractivity contribution in [2.45, 2.75) is 76.0 Å². The molecule has 2 nitrogen and oxygen atoms in total. The van der Waals surface area contributed by atoms with E-state index in [-0.39, 0.29) is 16.2 Å². The average molecular weight is 918 g/mol. The lowest BCUT2D eigenvalue weighted by Gasteiger charge is -2.49. The van der Waals surface area contributed by atoms with Crippen molar-refractivity contribution in [1.82, 2.24) is 0 Å². The summed E-state index contributed by atoms with van der Waals surface area (Å²) in [5, 5.41) is 6.83. The van der Waals surface area contributed by atoms with Crippen LogP contribution in [0.5, 0.6) is 0 Å². The molecular formula is C66H54BN2S. The predicted molar refractivity (Wildman–Crippen MR) is 299 cm³/mol. The number of nitrogens with zero attached hydrogens (tertiary/aromatic N) is 1. The van der Waals surface area contributed by atoms with Gasteiger partial charge in [-0.15, -0.1) is 11.3 Å². The molecule has 0 bridgehead atoms. The second-order valence-electron chi connectivity index (χ2n) is 22.1. The molecule has 1 N–H and O–H groups in total. The third kappa shape index (κ3) is 5.63. The molecule has 0 atom stereocenters. The molecule has 1 aromatic heterocycles. The third-order valence-corrected chi connectivity index (χ3v) is 18.2. The summed E-state index contributed by atoms with van der Waals surface area (Å²) in [6.07, 6.45) is 2.36. The Morgan fingerprint density at radius 3 is 1.91 bits per heavy atom. The van der Waals surface area contributed by atoms with Gasteiger partial charge in [0.25, 0.3) is 0 Å². The zero-order chi connectivity index (χ0) is 47.3. The number of benzene rings is 9. The van der Waals surface area contributed by atoms with Crippen LogP contribution >= 0.6 is 11.3 Å². The zero-order valence-corrected chi connectivity index (χ0v) is 41.6. The first-order valence-corrected chi connectivity index (χ1v) is 26.0. The minimum Gasteiger partial charge on any atom is -0.354 e. The first kappa shape index (κ1) is 41.8. The van der Waals surface area contributed by atoms with Gasteiger partial charge in [0, 0.05) is 48.2 Å². The third-order valence-electron chi connectivity index (χ3n) is 17.0. The molecule has 0 fully saturated rings. The van der Waals surface area contributed by atoms with Gasteiger partial charge in [0.1, 0.15) is 0 Å². The standard InChI is InChI=1S/C66H54BN2S/c1-63(2)36-37-64(3,4)50-38-42(32-34-47(50)63)68-61-45(33-35-56-58(61)44-25-14-18-31-55(44)70-56)59-57-43-24-13-15-26-46(43)65(5,6)51(57)39-54-60(59)67-52-29-19-28-49-62(52)69(54)53-30-17-16-27-48(53)66(49,40-20-9-7-10-21-40)41-22-11-8-12-23-41/h7-35,38-39,68H,36-37H2,1-6H3. The van der Waals surface area contributed by atoms with Crippen LogP contribution in [-0.4, -0.2) is 7.28 Å². The summed E-state index contributed by atoms with van der Waals surface area (Å²) in [6, 6.07) is 71.5. The van der Waals surface area contributed by atoms with Gasteiger partial charge in [-0.2, -0.15) is 0 Å². The molecule has 0 spiro atoms. The fourth-order valence-corrected chi connectivity index (χ4v) is 14.6. The Balaban J connectivity index is 1.09. The number of rotatable bonds is 5. The smallest absolute Gasteiger partial charge is 0.197 e. The highest BCUT2D eigenvalue weighted by atomic mass is 32.1. The quantitative estimate of drug-likeness (QED) is 0.173. The van der Waals surface area contributed by atoms with Gasteiger partial charge in [0.15, 0.2) is 7.28 Å².